The Kier molecular flexibility index (Phi) is 4.82. The Hall–Kier alpha value is -2.31. The predicted octanol–water partition coefficient (Wildman–Crippen LogP) is 6.27. The predicted molar refractivity (Wildman–Crippen MR) is 107 cm³/mol. The fourth-order valence-electron chi connectivity index (χ4n) is 3.68. The van der Waals surface area contributed by atoms with E-state index in [0.717, 1.165) is 17.7 Å². The molecule has 0 spiro atoms. The monoisotopic (exact) mass is 368 g/mol. The summed E-state index contributed by atoms with van der Waals surface area (Å²) < 4.78 is 13.1. The van der Waals surface area contributed by atoms with E-state index < -0.39 is 0 Å². The lowest BCUT2D eigenvalue weighted by Crippen LogP contribution is -2.45. The van der Waals surface area contributed by atoms with E-state index >= 15 is 0 Å². The van der Waals surface area contributed by atoms with Crippen molar-refractivity contribution >= 4 is 28.9 Å². The summed E-state index contributed by atoms with van der Waals surface area (Å²) in [7, 11) is 2.09. The van der Waals surface area contributed by atoms with Gasteiger partial charge < -0.3 is 4.90 Å². The third kappa shape index (κ3) is 3.34. The van der Waals surface area contributed by atoms with Gasteiger partial charge in [-0.1, -0.05) is 30.7 Å². The maximum atomic E-state index is 13.1. The molecule has 1 unspecified atom stereocenters. The summed E-state index contributed by atoms with van der Waals surface area (Å²) in [6.45, 7) is 6.69. The third-order valence-corrected chi connectivity index (χ3v) is 5.65. The van der Waals surface area contributed by atoms with E-state index in [1.54, 1.807) is 18.2 Å². The van der Waals surface area contributed by atoms with Gasteiger partial charge in [0.1, 0.15) is 5.82 Å². The second-order valence-corrected chi connectivity index (χ2v) is 7.99. The van der Waals surface area contributed by atoms with Crippen molar-refractivity contribution in [1.82, 2.24) is 0 Å². The molecule has 1 heterocycles. The highest BCUT2D eigenvalue weighted by Crippen LogP contribution is 2.44. The molecule has 2 aromatic rings. The SMILES string of the molecule is CC1CC(C)(C)N(C)c2cc(Cl)c(/C=C(\C#N)c3ccc(F)cc3)cc21. The van der Waals surface area contributed by atoms with Gasteiger partial charge in [0, 0.05) is 23.3 Å². The van der Waals surface area contributed by atoms with Crippen LogP contribution in [0.3, 0.4) is 0 Å². The van der Waals surface area contributed by atoms with Gasteiger partial charge in [-0.2, -0.15) is 5.26 Å². The van der Waals surface area contributed by atoms with Gasteiger partial charge in [0.25, 0.3) is 0 Å². The normalized spacial score (nSPS) is 19.0. The molecular weight excluding hydrogens is 347 g/mol. The zero-order valence-corrected chi connectivity index (χ0v) is 16.2. The molecule has 2 nitrogen and oxygen atoms in total. The van der Waals surface area contributed by atoms with Crippen LogP contribution in [0.2, 0.25) is 5.02 Å². The summed E-state index contributed by atoms with van der Waals surface area (Å²) in [4.78, 5) is 2.27. The molecule has 0 radical (unpaired) electrons. The molecule has 0 amide bonds. The van der Waals surface area contributed by atoms with E-state index in [9.17, 15) is 9.65 Å². The van der Waals surface area contributed by atoms with Crippen molar-refractivity contribution in [1.29, 1.82) is 5.26 Å². The molecule has 0 aliphatic carbocycles. The lowest BCUT2D eigenvalue weighted by Gasteiger charge is -2.45. The first-order chi connectivity index (χ1) is 12.2. The molecule has 0 saturated heterocycles. The fraction of sp³-hybridized carbons (Fsp3) is 0.318. The molecule has 3 rings (SSSR count). The Bertz CT molecular complexity index is 907. The highest BCUT2D eigenvalue weighted by atomic mass is 35.5. The Balaban J connectivity index is 2.08. The zero-order valence-electron chi connectivity index (χ0n) is 15.5. The average Bonchev–Trinajstić information content (AvgIpc) is 2.59. The second-order valence-electron chi connectivity index (χ2n) is 7.59. The van der Waals surface area contributed by atoms with Crippen LogP contribution in [-0.4, -0.2) is 12.6 Å². The number of nitriles is 1. The van der Waals surface area contributed by atoms with E-state index in [2.05, 4.69) is 44.9 Å². The molecule has 0 fully saturated rings. The lowest BCUT2D eigenvalue weighted by atomic mass is 9.80. The number of rotatable bonds is 2. The van der Waals surface area contributed by atoms with Gasteiger partial charge in [-0.15, -0.1) is 0 Å². The van der Waals surface area contributed by atoms with Crippen LogP contribution >= 0.6 is 11.6 Å². The van der Waals surface area contributed by atoms with Crippen molar-refractivity contribution in [3.05, 3.63) is 63.9 Å². The zero-order chi connectivity index (χ0) is 19.1. The van der Waals surface area contributed by atoms with Crippen LogP contribution in [0.1, 0.15) is 49.8 Å². The first-order valence-corrected chi connectivity index (χ1v) is 9.06. The molecule has 1 aliphatic heterocycles. The van der Waals surface area contributed by atoms with E-state index in [1.807, 2.05) is 6.07 Å². The molecule has 26 heavy (non-hydrogen) atoms. The number of anilines is 1. The molecule has 0 bridgehead atoms. The molecule has 1 atom stereocenters. The lowest BCUT2D eigenvalue weighted by molar-refractivity contribution is 0.395. The van der Waals surface area contributed by atoms with Crippen LogP contribution in [0.5, 0.6) is 0 Å². The fourth-order valence-corrected chi connectivity index (χ4v) is 3.89. The average molecular weight is 369 g/mol. The summed E-state index contributed by atoms with van der Waals surface area (Å²) in [6.07, 6.45) is 2.83. The first kappa shape index (κ1) is 18.5. The third-order valence-electron chi connectivity index (χ3n) is 5.33. The minimum absolute atomic E-state index is 0.0685. The van der Waals surface area contributed by atoms with Crippen LogP contribution in [0.25, 0.3) is 11.6 Å². The van der Waals surface area contributed by atoms with E-state index in [4.69, 9.17) is 11.6 Å². The van der Waals surface area contributed by atoms with Gasteiger partial charge in [-0.25, -0.2) is 4.39 Å². The van der Waals surface area contributed by atoms with Crippen LogP contribution in [-0.2, 0) is 0 Å². The van der Waals surface area contributed by atoms with Crippen molar-refractivity contribution in [3.8, 4) is 6.07 Å². The summed E-state index contributed by atoms with van der Waals surface area (Å²) in [6, 6.07) is 12.2. The van der Waals surface area contributed by atoms with Crippen molar-refractivity contribution < 1.29 is 4.39 Å². The number of halogens is 2. The smallest absolute Gasteiger partial charge is 0.123 e. The Morgan fingerprint density at radius 3 is 2.58 bits per heavy atom. The number of hydrogen-bond donors (Lipinski definition) is 0. The van der Waals surface area contributed by atoms with E-state index in [-0.39, 0.29) is 11.4 Å². The highest BCUT2D eigenvalue weighted by Gasteiger charge is 2.34. The molecule has 4 heteroatoms. The second kappa shape index (κ2) is 6.78. The maximum Gasteiger partial charge on any atom is 0.123 e. The quantitative estimate of drug-likeness (QED) is 0.461. The van der Waals surface area contributed by atoms with Crippen molar-refractivity contribution in [2.45, 2.75) is 38.6 Å². The Morgan fingerprint density at radius 2 is 1.96 bits per heavy atom. The molecule has 134 valence electrons. The summed E-state index contributed by atoms with van der Waals surface area (Å²) in [5.41, 5.74) is 4.39. The van der Waals surface area contributed by atoms with E-state index in [0.29, 0.717) is 22.1 Å². The van der Waals surface area contributed by atoms with Gasteiger partial charge >= 0.3 is 0 Å². The Morgan fingerprint density at radius 1 is 1.31 bits per heavy atom. The van der Waals surface area contributed by atoms with Gasteiger partial charge in [0.05, 0.1) is 11.6 Å². The van der Waals surface area contributed by atoms with Crippen molar-refractivity contribution in [2.24, 2.45) is 0 Å². The van der Waals surface area contributed by atoms with Crippen molar-refractivity contribution in [3.63, 3.8) is 0 Å². The minimum atomic E-state index is -0.322. The molecule has 1 aliphatic rings. The van der Waals surface area contributed by atoms with E-state index in [1.165, 1.54) is 17.7 Å². The standard InChI is InChI=1S/C22H22ClFN2/c1-14-12-22(2,3)26(4)21-11-20(23)16(10-19(14)21)9-17(13-25)15-5-7-18(24)8-6-15/h5-11,14H,12H2,1-4H3/b17-9+. The topological polar surface area (TPSA) is 27.0 Å². The van der Waals surface area contributed by atoms with Crippen molar-refractivity contribution in [2.75, 3.05) is 11.9 Å². The molecule has 0 N–H and O–H groups in total. The van der Waals surface area contributed by atoms with Gasteiger partial charge in [0.15, 0.2) is 0 Å². The molecule has 2 aromatic carbocycles. The van der Waals surface area contributed by atoms with Crippen LogP contribution < -0.4 is 4.90 Å². The maximum absolute atomic E-state index is 13.1. The largest absolute Gasteiger partial charge is 0.369 e. The number of fused-ring (bicyclic) bond motifs is 1. The molecular formula is C22H22ClFN2. The highest BCUT2D eigenvalue weighted by molar-refractivity contribution is 6.32. The van der Waals surface area contributed by atoms with Crippen LogP contribution in [0, 0.1) is 17.1 Å². The summed E-state index contributed by atoms with van der Waals surface area (Å²) >= 11 is 6.54. The van der Waals surface area contributed by atoms with Crippen LogP contribution in [0.15, 0.2) is 36.4 Å². The molecule has 0 aromatic heterocycles. The first-order valence-electron chi connectivity index (χ1n) is 8.68. The van der Waals surface area contributed by atoms with Gasteiger partial charge in [-0.3, -0.25) is 0 Å². The minimum Gasteiger partial charge on any atom is -0.369 e. The van der Waals surface area contributed by atoms with Crippen LogP contribution in [0.4, 0.5) is 10.1 Å². The number of benzene rings is 2. The van der Waals surface area contributed by atoms with Gasteiger partial charge in [-0.05, 0) is 73.2 Å². The van der Waals surface area contributed by atoms with Gasteiger partial charge in [0.2, 0.25) is 0 Å². The summed E-state index contributed by atoms with van der Waals surface area (Å²) in [5, 5.41) is 10.1. The number of nitrogens with zero attached hydrogens (tertiary/aromatic N) is 2. The summed E-state index contributed by atoms with van der Waals surface area (Å²) in [5.74, 6) is 0.0781. The number of allylic oxidation sites excluding steroid dienone is 1. The number of hydrogen-bond acceptors (Lipinski definition) is 2. The Labute approximate surface area is 159 Å². The molecule has 0 saturated carbocycles.